The van der Waals surface area contributed by atoms with Crippen molar-refractivity contribution in [2.75, 3.05) is 39.3 Å². The quantitative estimate of drug-likeness (QED) is 0.876. The largest absolute Gasteiger partial charge is 0.486 e. The Morgan fingerprint density at radius 2 is 1.91 bits per heavy atom. The summed E-state index contributed by atoms with van der Waals surface area (Å²) in [6.45, 7) is 8.54. The van der Waals surface area contributed by atoms with Crippen LogP contribution in [0.2, 0.25) is 0 Å². The van der Waals surface area contributed by atoms with Gasteiger partial charge in [0.05, 0.1) is 0 Å². The van der Waals surface area contributed by atoms with Crippen LogP contribution in [0.4, 0.5) is 0 Å². The molecular formula is C18H28N2O2. The van der Waals surface area contributed by atoms with Crippen molar-refractivity contribution in [2.45, 2.75) is 32.3 Å². The zero-order chi connectivity index (χ0) is 15.2. The molecule has 1 fully saturated rings. The Morgan fingerprint density at radius 3 is 2.68 bits per heavy atom. The third-order valence-corrected chi connectivity index (χ3v) is 4.54. The molecule has 1 unspecified atom stereocenters. The van der Waals surface area contributed by atoms with Crippen molar-refractivity contribution in [1.82, 2.24) is 10.2 Å². The van der Waals surface area contributed by atoms with Gasteiger partial charge < -0.3 is 14.8 Å². The monoisotopic (exact) mass is 304 g/mol. The minimum Gasteiger partial charge on any atom is -0.486 e. The average Bonchev–Trinajstić information content (AvgIpc) is 2.56. The van der Waals surface area contributed by atoms with Crippen molar-refractivity contribution < 1.29 is 9.47 Å². The summed E-state index contributed by atoms with van der Waals surface area (Å²) >= 11 is 0. The van der Waals surface area contributed by atoms with Gasteiger partial charge in [0.25, 0.3) is 0 Å². The first kappa shape index (κ1) is 15.6. The Morgan fingerprint density at radius 1 is 1.14 bits per heavy atom. The fourth-order valence-corrected chi connectivity index (χ4v) is 3.44. The predicted octanol–water partition coefficient (Wildman–Crippen LogP) is 2.54. The second kappa shape index (κ2) is 7.84. The highest BCUT2D eigenvalue weighted by atomic mass is 16.6. The van der Waals surface area contributed by atoms with Crippen LogP contribution in [0.25, 0.3) is 0 Å². The van der Waals surface area contributed by atoms with Crippen LogP contribution in [-0.4, -0.2) is 50.3 Å². The number of hydrogen-bond acceptors (Lipinski definition) is 4. The first-order valence-corrected chi connectivity index (χ1v) is 8.66. The zero-order valence-corrected chi connectivity index (χ0v) is 13.6. The Bertz CT molecular complexity index is 460. The number of nitrogens with one attached hydrogen (secondary N) is 1. The van der Waals surface area contributed by atoms with Crippen LogP contribution < -0.4 is 14.8 Å². The maximum Gasteiger partial charge on any atom is 0.161 e. The standard InChI is InChI=1S/C18H28N2O2/c1-2-11-20(12-15-7-9-19-10-8-15)13-16-14-21-17-5-3-4-6-18(17)22-16/h3-6,15-16,19H,2,7-14H2,1H3. The normalized spacial score (nSPS) is 22.0. The van der Waals surface area contributed by atoms with Crippen molar-refractivity contribution >= 4 is 0 Å². The van der Waals surface area contributed by atoms with E-state index in [9.17, 15) is 0 Å². The molecule has 0 aromatic heterocycles. The van der Waals surface area contributed by atoms with E-state index in [2.05, 4.69) is 17.1 Å². The Labute approximate surface area is 133 Å². The van der Waals surface area contributed by atoms with Crippen LogP contribution in [-0.2, 0) is 0 Å². The highest BCUT2D eigenvalue weighted by Crippen LogP contribution is 2.31. The molecule has 4 nitrogen and oxygen atoms in total. The lowest BCUT2D eigenvalue weighted by molar-refractivity contribution is 0.0523. The number of rotatable bonds is 6. The third kappa shape index (κ3) is 4.14. The summed E-state index contributed by atoms with van der Waals surface area (Å²) in [5.41, 5.74) is 0. The summed E-state index contributed by atoms with van der Waals surface area (Å²) in [6.07, 6.45) is 3.92. The smallest absolute Gasteiger partial charge is 0.161 e. The summed E-state index contributed by atoms with van der Waals surface area (Å²) in [5.74, 6) is 2.58. The number of benzene rings is 1. The lowest BCUT2D eigenvalue weighted by atomic mass is 9.97. The molecule has 0 bridgehead atoms. The van der Waals surface area contributed by atoms with Gasteiger partial charge in [0, 0.05) is 13.1 Å². The van der Waals surface area contributed by atoms with Crippen LogP contribution >= 0.6 is 0 Å². The van der Waals surface area contributed by atoms with E-state index < -0.39 is 0 Å². The maximum atomic E-state index is 6.12. The molecule has 0 aliphatic carbocycles. The van der Waals surface area contributed by atoms with Crippen molar-refractivity contribution in [3.05, 3.63) is 24.3 Å². The van der Waals surface area contributed by atoms with Crippen LogP contribution in [0.5, 0.6) is 11.5 Å². The molecule has 1 aromatic rings. The molecule has 2 heterocycles. The Kier molecular flexibility index (Phi) is 5.57. The number of piperidine rings is 1. The SMILES string of the molecule is CCCN(CC1CCNCC1)CC1COc2ccccc2O1. The van der Waals surface area contributed by atoms with Crippen molar-refractivity contribution in [3.63, 3.8) is 0 Å². The van der Waals surface area contributed by atoms with E-state index in [0.717, 1.165) is 30.5 Å². The molecule has 0 spiro atoms. The summed E-state index contributed by atoms with van der Waals surface area (Å²) in [4.78, 5) is 2.57. The second-order valence-corrected chi connectivity index (χ2v) is 6.45. The van der Waals surface area contributed by atoms with Crippen molar-refractivity contribution in [2.24, 2.45) is 5.92 Å². The molecule has 4 heteroatoms. The fourth-order valence-electron chi connectivity index (χ4n) is 3.44. The first-order valence-electron chi connectivity index (χ1n) is 8.66. The van der Waals surface area contributed by atoms with Crippen LogP contribution in [0.3, 0.4) is 0 Å². The van der Waals surface area contributed by atoms with Gasteiger partial charge in [0.15, 0.2) is 11.5 Å². The highest BCUT2D eigenvalue weighted by molar-refractivity contribution is 5.40. The zero-order valence-electron chi connectivity index (χ0n) is 13.6. The molecule has 1 saturated heterocycles. The highest BCUT2D eigenvalue weighted by Gasteiger charge is 2.24. The van der Waals surface area contributed by atoms with Gasteiger partial charge >= 0.3 is 0 Å². The van der Waals surface area contributed by atoms with Gasteiger partial charge in [-0.15, -0.1) is 0 Å². The summed E-state index contributed by atoms with van der Waals surface area (Å²) in [7, 11) is 0. The summed E-state index contributed by atoms with van der Waals surface area (Å²) < 4.78 is 12.0. The number of hydrogen-bond donors (Lipinski definition) is 1. The lowest BCUT2D eigenvalue weighted by Crippen LogP contribution is -2.44. The molecule has 2 aliphatic rings. The van der Waals surface area contributed by atoms with Crippen LogP contribution in [0.15, 0.2) is 24.3 Å². The molecule has 122 valence electrons. The van der Waals surface area contributed by atoms with Gasteiger partial charge in [-0.05, 0) is 56.9 Å². The predicted molar refractivity (Wildman–Crippen MR) is 88.7 cm³/mol. The molecule has 0 saturated carbocycles. The minimum absolute atomic E-state index is 0.142. The van der Waals surface area contributed by atoms with E-state index in [1.165, 1.54) is 38.9 Å². The fraction of sp³-hybridized carbons (Fsp3) is 0.667. The van der Waals surface area contributed by atoms with E-state index in [1.54, 1.807) is 0 Å². The molecule has 2 aliphatic heterocycles. The summed E-state index contributed by atoms with van der Waals surface area (Å²) in [5, 5.41) is 3.45. The maximum absolute atomic E-state index is 6.12. The van der Waals surface area contributed by atoms with Gasteiger partial charge in [0.2, 0.25) is 0 Å². The summed E-state index contributed by atoms with van der Waals surface area (Å²) in [6, 6.07) is 7.97. The number of nitrogens with zero attached hydrogens (tertiary/aromatic N) is 1. The van der Waals surface area contributed by atoms with Crippen LogP contribution in [0, 0.1) is 5.92 Å². The van der Waals surface area contributed by atoms with Crippen molar-refractivity contribution in [3.8, 4) is 11.5 Å². The van der Waals surface area contributed by atoms with Gasteiger partial charge in [-0.3, -0.25) is 4.90 Å². The van der Waals surface area contributed by atoms with Gasteiger partial charge in [-0.25, -0.2) is 0 Å². The first-order chi connectivity index (χ1) is 10.8. The van der Waals surface area contributed by atoms with Crippen LogP contribution in [0.1, 0.15) is 26.2 Å². The molecule has 1 N–H and O–H groups in total. The average molecular weight is 304 g/mol. The molecule has 1 atom stereocenters. The number of para-hydroxylation sites is 2. The van der Waals surface area contributed by atoms with E-state index >= 15 is 0 Å². The van der Waals surface area contributed by atoms with Gasteiger partial charge in [-0.1, -0.05) is 19.1 Å². The number of fused-ring (bicyclic) bond motifs is 1. The number of ether oxygens (including phenoxy) is 2. The second-order valence-electron chi connectivity index (χ2n) is 6.45. The van der Waals surface area contributed by atoms with E-state index in [0.29, 0.717) is 6.61 Å². The third-order valence-electron chi connectivity index (χ3n) is 4.54. The molecule has 3 rings (SSSR count). The lowest BCUT2D eigenvalue weighted by Gasteiger charge is -2.34. The van der Waals surface area contributed by atoms with Gasteiger partial charge in [-0.2, -0.15) is 0 Å². The molecule has 0 amide bonds. The molecule has 0 radical (unpaired) electrons. The van der Waals surface area contributed by atoms with E-state index in [1.807, 2.05) is 24.3 Å². The molecule has 1 aromatic carbocycles. The minimum atomic E-state index is 0.142. The van der Waals surface area contributed by atoms with Gasteiger partial charge in [0.1, 0.15) is 12.7 Å². The molecular weight excluding hydrogens is 276 g/mol. The Balaban J connectivity index is 1.54. The van der Waals surface area contributed by atoms with E-state index in [4.69, 9.17) is 9.47 Å². The van der Waals surface area contributed by atoms with Crippen molar-refractivity contribution in [1.29, 1.82) is 0 Å². The molecule has 22 heavy (non-hydrogen) atoms. The van der Waals surface area contributed by atoms with E-state index in [-0.39, 0.29) is 6.10 Å². The Hall–Kier alpha value is -1.26. The topological polar surface area (TPSA) is 33.7 Å².